The normalized spacial score (nSPS) is 11.8. The van der Waals surface area contributed by atoms with Gasteiger partial charge in [0.25, 0.3) is 0 Å². The van der Waals surface area contributed by atoms with E-state index in [1.165, 1.54) is 29.0 Å². The first-order chi connectivity index (χ1) is 13.4. The van der Waals surface area contributed by atoms with Crippen molar-refractivity contribution in [3.05, 3.63) is 70.7 Å². The zero-order valence-corrected chi connectivity index (χ0v) is 16.7. The maximum atomic E-state index is 11.3. The van der Waals surface area contributed by atoms with Gasteiger partial charge in [0.1, 0.15) is 16.6 Å². The molecule has 0 spiro atoms. The van der Waals surface area contributed by atoms with Crippen LogP contribution in [0, 0.1) is 11.3 Å². The number of primary sulfonamides is 1. The number of nitrogens with two attached hydrogens (primary N) is 1. The topological polar surface area (TPSA) is 109 Å². The van der Waals surface area contributed by atoms with Gasteiger partial charge in [-0.25, -0.2) is 18.5 Å². The van der Waals surface area contributed by atoms with Crippen molar-refractivity contribution < 1.29 is 8.42 Å². The van der Waals surface area contributed by atoms with Gasteiger partial charge in [-0.3, -0.25) is 0 Å². The van der Waals surface area contributed by atoms with Gasteiger partial charge >= 0.3 is 0 Å². The molecule has 0 aliphatic carbocycles. The Morgan fingerprint density at radius 3 is 2.46 bits per heavy atom. The van der Waals surface area contributed by atoms with Crippen molar-refractivity contribution in [2.24, 2.45) is 5.14 Å². The molecule has 0 atom stereocenters. The van der Waals surface area contributed by atoms with Crippen LogP contribution in [0.1, 0.15) is 17.5 Å². The molecule has 0 fully saturated rings. The molecule has 6 nitrogen and oxygen atoms in total. The summed E-state index contributed by atoms with van der Waals surface area (Å²) in [6.07, 6.45) is 2.53. The number of rotatable bonds is 6. The largest absolute Gasteiger partial charge is 0.360 e. The number of hydrogen-bond acceptors (Lipinski definition) is 6. The molecule has 1 heterocycles. The summed E-state index contributed by atoms with van der Waals surface area (Å²) in [5.41, 5.74) is 4.10. The summed E-state index contributed by atoms with van der Waals surface area (Å²) in [7, 11) is -3.73. The summed E-state index contributed by atoms with van der Waals surface area (Å²) in [4.78, 5) is 4.59. The Hall–Kier alpha value is -2.99. The number of nitrogens with one attached hydrogen (secondary N) is 1. The van der Waals surface area contributed by atoms with E-state index in [2.05, 4.69) is 35.4 Å². The van der Waals surface area contributed by atoms with Gasteiger partial charge in [0, 0.05) is 22.8 Å². The molecule has 0 amide bonds. The summed E-state index contributed by atoms with van der Waals surface area (Å²) in [6, 6.07) is 16.3. The van der Waals surface area contributed by atoms with E-state index in [1.807, 2.05) is 17.5 Å². The van der Waals surface area contributed by atoms with Crippen LogP contribution in [0.2, 0.25) is 0 Å². The maximum absolute atomic E-state index is 11.3. The summed E-state index contributed by atoms with van der Waals surface area (Å²) in [5, 5.41) is 20.1. The van der Waals surface area contributed by atoms with Crippen LogP contribution in [0.5, 0.6) is 0 Å². The van der Waals surface area contributed by atoms with E-state index in [4.69, 9.17) is 5.14 Å². The van der Waals surface area contributed by atoms with Gasteiger partial charge in [0.2, 0.25) is 10.0 Å². The first-order valence-corrected chi connectivity index (χ1v) is 10.9. The number of allylic oxidation sites excluding steroid dienone is 1. The third-order valence-corrected chi connectivity index (χ3v) is 5.88. The van der Waals surface area contributed by atoms with Crippen molar-refractivity contribution >= 4 is 32.6 Å². The average molecular weight is 411 g/mol. The van der Waals surface area contributed by atoms with Crippen LogP contribution in [-0.2, 0) is 16.4 Å². The van der Waals surface area contributed by atoms with Gasteiger partial charge in [-0.1, -0.05) is 31.2 Å². The quantitative estimate of drug-likeness (QED) is 0.597. The molecule has 8 heteroatoms. The second-order valence-corrected chi connectivity index (χ2v) is 8.39. The van der Waals surface area contributed by atoms with Crippen molar-refractivity contribution in [1.29, 1.82) is 5.26 Å². The van der Waals surface area contributed by atoms with Crippen molar-refractivity contribution in [2.75, 3.05) is 5.32 Å². The molecular formula is C20H18N4O2S2. The van der Waals surface area contributed by atoms with E-state index in [0.717, 1.165) is 17.7 Å². The van der Waals surface area contributed by atoms with Crippen LogP contribution in [0.25, 0.3) is 16.8 Å². The minimum Gasteiger partial charge on any atom is -0.360 e. The van der Waals surface area contributed by atoms with Crippen molar-refractivity contribution in [3.8, 4) is 17.3 Å². The molecule has 0 saturated carbocycles. The lowest BCUT2D eigenvalue weighted by atomic mass is 10.1. The van der Waals surface area contributed by atoms with Crippen molar-refractivity contribution in [2.45, 2.75) is 18.2 Å². The molecule has 0 radical (unpaired) electrons. The van der Waals surface area contributed by atoms with Gasteiger partial charge < -0.3 is 5.32 Å². The number of thiazole rings is 1. The summed E-state index contributed by atoms with van der Waals surface area (Å²) < 4.78 is 22.6. The molecule has 1 aromatic heterocycles. The van der Waals surface area contributed by atoms with E-state index in [-0.39, 0.29) is 4.90 Å². The lowest BCUT2D eigenvalue weighted by Gasteiger charge is -2.03. The fraction of sp³-hybridized carbons (Fsp3) is 0.100. The fourth-order valence-corrected chi connectivity index (χ4v) is 3.79. The number of sulfonamides is 1. The molecule has 28 heavy (non-hydrogen) atoms. The number of nitrogens with zero attached hydrogens (tertiary/aromatic N) is 2. The highest BCUT2D eigenvalue weighted by atomic mass is 32.2. The van der Waals surface area contributed by atoms with Crippen LogP contribution in [0.4, 0.5) is 5.69 Å². The highest BCUT2D eigenvalue weighted by Crippen LogP contribution is 2.26. The number of aryl methyl sites for hydroxylation is 1. The molecule has 0 unspecified atom stereocenters. The second kappa shape index (κ2) is 8.35. The number of anilines is 1. The Morgan fingerprint density at radius 2 is 1.89 bits per heavy atom. The Kier molecular flexibility index (Phi) is 5.90. The third-order valence-electron chi connectivity index (χ3n) is 4.08. The first kappa shape index (κ1) is 19.8. The maximum Gasteiger partial charge on any atom is 0.238 e. The zero-order valence-electron chi connectivity index (χ0n) is 15.1. The van der Waals surface area contributed by atoms with E-state index >= 15 is 0 Å². The third kappa shape index (κ3) is 4.64. The Morgan fingerprint density at radius 1 is 1.21 bits per heavy atom. The first-order valence-electron chi connectivity index (χ1n) is 8.45. The van der Waals surface area contributed by atoms with E-state index in [9.17, 15) is 13.7 Å². The van der Waals surface area contributed by atoms with E-state index < -0.39 is 10.0 Å². The summed E-state index contributed by atoms with van der Waals surface area (Å²) in [6.45, 7) is 2.11. The van der Waals surface area contributed by atoms with Gasteiger partial charge in [-0.15, -0.1) is 11.3 Å². The van der Waals surface area contributed by atoms with Gasteiger partial charge in [-0.05, 0) is 36.2 Å². The number of nitriles is 1. The fourth-order valence-electron chi connectivity index (χ4n) is 2.48. The predicted octanol–water partition coefficient (Wildman–Crippen LogP) is 4.00. The molecule has 0 aliphatic rings. The number of hydrogen-bond donors (Lipinski definition) is 2. The minimum atomic E-state index is -3.73. The Bertz CT molecular complexity index is 1140. The molecule has 0 aliphatic heterocycles. The van der Waals surface area contributed by atoms with Crippen LogP contribution in [0.15, 0.2) is 65.0 Å². The van der Waals surface area contributed by atoms with Gasteiger partial charge in [0.15, 0.2) is 0 Å². The van der Waals surface area contributed by atoms with E-state index in [1.54, 1.807) is 18.3 Å². The second-order valence-electron chi connectivity index (χ2n) is 5.97. The monoisotopic (exact) mass is 410 g/mol. The number of benzene rings is 2. The minimum absolute atomic E-state index is 0.0289. The predicted molar refractivity (Wildman–Crippen MR) is 112 cm³/mol. The standard InChI is InChI=1S/C20H18N4O2S2/c1-2-14-3-5-15(6-4-14)19-13-27-20(24-19)16(11-21)12-23-17-7-9-18(10-8-17)28(22,25)26/h3-10,12-13,23H,2H2,1H3,(H2,22,25,26). The SMILES string of the molecule is CCc1ccc(-c2csc(C(C#N)=CNc3ccc(S(N)(=O)=O)cc3)n2)cc1. The van der Waals surface area contributed by atoms with Crippen LogP contribution in [-0.4, -0.2) is 13.4 Å². The molecule has 0 bridgehead atoms. The molecule has 0 saturated heterocycles. The van der Waals surface area contributed by atoms with Crippen LogP contribution in [0.3, 0.4) is 0 Å². The van der Waals surface area contributed by atoms with Crippen molar-refractivity contribution in [3.63, 3.8) is 0 Å². The lowest BCUT2D eigenvalue weighted by Crippen LogP contribution is -2.11. The Labute approximate surface area is 168 Å². The molecule has 142 valence electrons. The zero-order chi connectivity index (χ0) is 20.1. The molecular weight excluding hydrogens is 392 g/mol. The average Bonchev–Trinajstić information content (AvgIpc) is 3.18. The summed E-state index contributed by atoms with van der Waals surface area (Å²) in [5.74, 6) is 0. The Balaban J connectivity index is 1.78. The van der Waals surface area contributed by atoms with Crippen LogP contribution >= 0.6 is 11.3 Å². The lowest BCUT2D eigenvalue weighted by molar-refractivity contribution is 0.598. The van der Waals surface area contributed by atoms with Crippen molar-refractivity contribution in [1.82, 2.24) is 4.98 Å². The highest BCUT2D eigenvalue weighted by Gasteiger charge is 2.10. The smallest absolute Gasteiger partial charge is 0.238 e. The van der Waals surface area contributed by atoms with Crippen LogP contribution < -0.4 is 10.5 Å². The van der Waals surface area contributed by atoms with Gasteiger partial charge in [0.05, 0.1) is 10.6 Å². The highest BCUT2D eigenvalue weighted by molar-refractivity contribution is 7.89. The molecule has 3 aromatic rings. The van der Waals surface area contributed by atoms with E-state index in [0.29, 0.717) is 16.3 Å². The summed E-state index contributed by atoms with van der Waals surface area (Å²) >= 11 is 1.39. The number of aromatic nitrogens is 1. The van der Waals surface area contributed by atoms with Gasteiger partial charge in [-0.2, -0.15) is 5.26 Å². The molecule has 3 rings (SSSR count). The molecule has 3 N–H and O–H groups in total. The molecule has 2 aromatic carbocycles.